The van der Waals surface area contributed by atoms with Crippen LogP contribution in [0.2, 0.25) is 0 Å². The van der Waals surface area contributed by atoms with Gasteiger partial charge in [-0.2, -0.15) is 0 Å². The number of rotatable bonds is 7. The molecule has 11 nitrogen and oxygen atoms in total. The van der Waals surface area contributed by atoms with E-state index in [0.717, 1.165) is 0 Å². The molecule has 2 aromatic rings. The van der Waals surface area contributed by atoms with Crippen LogP contribution in [0, 0.1) is 0 Å². The minimum Gasteiger partial charge on any atom is -0.480 e. The molecule has 1 aliphatic rings. The van der Waals surface area contributed by atoms with Crippen molar-refractivity contribution in [2.24, 2.45) is 5.73 Å². The quantitative estimate of drug-likeness (QED) is 0.329. The monoisotopic (exact) mass is 399 g/mol. The van der Waals surface area contributed by atoms with E-state index in [0.29, 0.717) is 29.1 Å². The summed E-state index contributed by atoms with van der Waals surface area (Å²) >= 11 is 0. The van der Waals surface area contributed by atoms with E-state index >= 15 is 0 Å². The van der Waals surface area contributed by atoms with E-state index < -0.39 is 36.6 Å². The molecule has 2 aromatic heterocycles. The smallest absolute Gasteiger partial charge is 0.320 e. The number of hydrogen-bond acceptors (Lipinski definition) is 9. The minimum atomic E-state index is -1.16. The van der Waals surface area contributed by atoms with E-state index in [-0.39, 0.29) is 16.7 Å². The standard InChI is InChI=1S/C15H22N6O5S/c1-27(3-2-7(16)15(24)25)4-8-10(22)11(23)14(26-8)21-6-20-9-12(17)18-5-19-13(9)21/h5-8,10-11,14,22-23H,2-4,16H2,1H3,(H2-,17,18,19,24,25)/p+1/t7?,8?,10-,11?,14?,27?/m1/s1. The predicted octanol–water partition coefficient (Wildman–Crippen LogP) is -1.92. The van der Waals surface area contributed by atoms with Gasteiger partial charge in [0.2, 0.25) is 0 Å². The molecular weight excluding hydrogens is 376 g/mol. The summed E-state index contributed by atoms with van der Waals surface area (Å²) in [6.07, 6.45) is 1.31. The van der Waals surface area contributed by atoms with E-state index in [1.54, 1.807) is 0 Å². The second kappa shape index (κ2) is 7.94. The number of ether oxygens (including phenoxy) is 1. The molecule has 6 atom stereocenters. The fourth-order valence-electron chi connectivity index (χ4n) is 2.97. The Labute approximate surface area is 157 Å². The van der Waals surface area contributed by atoms with Crippen LogP contribution in [0.15, 0.2) is 12.7 Å². The Balaban J connectivity index is 1.68. The number of aliphatic hydroxyl groups is 2. The van der Waals surface area contributed by atoms with Crippen LogP contribution >= 0.6 is 0 Å². The van der Waals surface area contributed by atoms with Crippen molar-refractivity contribution in [3.63, 3.8) is 0 Å². The van der Waals surface area contributed by atoms with Crippen molar-refractivity contribution in [1.82, 2.24) is 19.5 Å². The van der Waals surface area contributed by atoms with Crippen LogP contribution in [0.3, 0.4) is 0 Å². The van der Waals surface area contributed by atoms with Gasteiger partial charge >= 0.3 is 5.97 Å². The summed E-state index contributed by atoms with van der Waals surface area (Å²) < 4.78 is 7.41. The molecule has 1 saturated heterocycles. The zero-order valence-corrected chi connectivity index (χ0v) is 15.5. The van der Waals surface area contributed by atoms with Crippen LogP contribution in [-0.2, 0) is 20.4 Å². The first kappa shape index (κ1) is 19.8. The molecule has 7 N–H and O–H groups in total. The van der Waals surface area contributed by atoms with Crippen LogP contribution in [0.5, 0.6) is 0 Å². The van der Waals surface area contributed by atoms with Gasteiger partial charge in [-0.3, -0.25) is 9.36 Å². The zero-order valence-electron chi connectivity index (χ0n) is 14.7. The number of fused-ring (bicyclic) bond motifs is 1. The molecule has 1 fully saturated rings. The fraction of sp³-hybridized carbons (Fsp3) is 0.600. The molecular formula is C15H23N6O5S+. The van der Waals surface area contributed by atoms with Crippen LogP contribution in [-0.4, -0.2) is 82.9 Å². The van der Waals surface area contributed by atoms with Gasteiger partial charge in [-0.05, 0) is 10.9 Å². The van der Waals surface area contributed by atoms with Gasteiger partial charge in [-0.1, -0.05) is 0 Å². The molecule has 148 valence electrons. The number of aliphatic hydroxyl groups excluding tert-OH is 2. The number of anilines is 1. The summed E-state index contributed by atoms with van der Waals surface area (Å²) in [5.41, 5.74) is 12.1. The van der Waals surface area contributed by atoms with E-state index in [1.807, 2.05) is 6.26 Å². The predicted molar refractivity (Wildman–Crippen MR) is 98.9 cm³/mol. The number of nitrogen functional groups attached to an aromatic ring is 1. The summed E-state index contributed by atoms with van der Waals surface area (Å²) in [5, 5.41) is 29.7. The SMILES string of the molecule is C[S+](CCC(N)C(=O)O)CC1OC(n2cnc3c(N)ncnc32)C(O)[C@@H]1O. The van der Waals surface area contributed by atoms with Gasteiger partial charge in [0.25, 0.3) is 0 Å². The highest BCUT2D eigenvalue weighted by molar-refractivity contribution is 7.96. The van der Waals surface area contributed by atoms with Gasteiger partial charge in [0.15, 0.2) is 17.7 Å². The van der Waals surface area contributed by atoms with Crippen LogP contribution in [0.4, 0.5) is 5.82 Å². The zero-order chi connectivity index (χ0) is 19.7. The van der Waals surface area contributed by atoms with Gasteiger partial charge in [-0.15, -0.1) is 0 Å². The highest BCUT2D eigenvalue weighted by atomic mass is 32.2. The van der Waals surface area contributed by atoms with Crippen molar-refractivity contribution in [1.29, 1.82) is 0 Å². The third-order valence-electron chi connectivity index (χ3n) is 4.54. The maximum Gasteiger partial charge on any atom is 0.320 e. The summed E-state index contributed by atoms with van der Waals surface area (Å²) in [4.78, 5) is 23.0. The lowest BCUT2D eigenvalue weighted by atomic mass is 10.1. The maximum atomic E-state index is 10.8. The highest BCUT2D eigenvalue weighted by Crippen LogP contribution is 2.32. The second-order valence-electron chi connectivity index (χ2n) is 6.51. The number of hydrogen-bond donors (Lipinski definition) is 5. The first-order valence-corrected chi connectivity index (χ1v) is 10.3. The number of aliphatic carboxylic acids is 1. The number of nitrogens with zero attached hydrogens (tertiary/aromatic N) is 4. The Bertz CT molecular complexity index is 819. The Morgan fingerprint density at radius 2 is 2.11 bits per heavy atom. The lowest BCUT2D eigenvalue weighted by Gasteiger charge is -2.16. The van der Waals surface area contributed by atoms with Gasteiger partial charge < -0.3 is 31.5 Å². The molecule has 0 aliphatic carbocycles. The number of carbonyl (C=O) groups is 1. The van der Waals surface area contributed by atoms with Crippen LogP contribution in [0.1, 0.15) is 12.6 Å². The Morgan fingerprint density at radius 3 is 2.81 bits per heavy atom. The van der Waals surface area contributed by atoms with Crippen molar-refractivity contribution in [3.8, 4) is 0 Å². The third-order valence-corrected chi connectivity index (χ3v) is 6.37. The molecule has 0 saturated carbocycles. The lowest BCUT2D eigenvalue weighted by Crippen LogP contribution is -2.37. The third kappa shape index (κ3) is 3.99. The van der Waals surface area contributed by atoms with E-state index in [1.165, 1.54) is 17.2 Å². The van der Waals surface area contributed by atoms with Gasteiger partial charge in [-0.25, -0.2) is 15.0 Å². The molecule has 1 aliphatic heterocycles. The van der Waals surface area contributed by atoms with E-state index in [2.05, 4.69) is 15.0 Å². The fourth-order valence-corrected chi connectivity index (χ4v) is 4.63. The van der Waals surface area contributed by atoms with Crippen molar-refractivity contribution < 1.29 is 24.9 Å². The van der Waals surface area contributed by atoms with Gasteiger partial charge in [0.1, 0.15) is 47.7 Å². The molecule has 0 spiro atoms. The lowest BCUT2D eigenvalue weighted by molar-refractivity contribution is -0.138. The van der Waals surface area contributed by atoms with Crippen LogP contribution < -0.4 is 11.5 Å². The second-order valence-corrected chi connectivity index (χ2v) is 8.82. The maximum absolute atomic E-state index is 10.8. The first-order chi connectivity index (χ1) is 12.8. The molecule has 3 rings (SSSR count). The largest absolute Gasteiger partial charge is 0.480 e. The molecule has 0 radical (unpaired) electrons. The molecule has 0 amide bonds. The number of carboxylic acid groups (broad SMARTS) is 1. The van der Waals surface area contributed by atoms with Crippen molar-refractivity contribution in [2.75, 3.05) is 23.5 Å². The van der Waals surface area contributed by atoms with Gasteiger partial charge in [0, 0.05) is 6.42 Å². The number of imidazole rings is 1. The van der Waals surface area contributed by atoms with Gasteiger partial charge in [0.05, 0.1) is 12.6 Å². The van der Waals surface area contributed by atoms with E-state index in [4.69, 9.17) is 21.3 Å². The number of nitrogens with two attached hydrogens (primary N) is 2. The molecule has 0 aromatic carbocycles. The minimum absolute atomic E-state index is 0.216. The molecule has 12 heteroatoms. The number of carboxylic acids is 1. The normalized spacial score (nSPS) is 27.7. The first-order valence-electron chi connectivity index (χ1n) is 8.31. The summed E-state index contributed by atoms with van der Waals surface area (Å²) in [6.45, 7) is 0. The molecule has 27 heavy (non-hydrogen) atoms. The number of aromatic nitrogens is 4. The Hall–Kier alpha value is -1.99. The average Bonchev–Trinajstić information content (AvgIpc) is 3.17. The van der Waals surface area contributed by atoms with Crippen molar-refractivity contribution >= 4 is 33.8 Å². The highest BCUT2D eigenvalue weighted by Gasteiger charge is 2.46. The molecule has 5 unspecified atom stereocenters. The summed E-state index contributed by atoms with van der Waals surface area (Å²) in [7, 11) is -0.235. The summed E-state index contributed by atoms with van der Waals surface area (Å²) in [6, 6.07) is -0.907. The summed E-state index contributed by atoms with van der Waals surface area (Å²) in [5.74, 6) is 0.254. The van der Waals surface area contributed by atoms with E-state index in [9.17, 15) is 15.0 Å². The van der Waals surface area contributed by atoms with Crippen molar-refractivity contribution in [2.45, 2.75) is 37.0 Å². The Kier molecular flexibility index (Phi) is 5.81. The Morgan fingerprint density at radius 1 is 1.37 bits per heavy atom. The molecule has 3 heterocycles. The van der Waals surface area contributed by atoms with Crippen molar-refractivity contribution in [3.05, 3.63) is 12.7 Å². The van der Waals surface area contributed by atoms with Crippen LogP contribution in [0.25, 0.3) is 11.2 Å². The topological polar surface area (TPSA) is 183 Å². The molecule has 0 bridgehead atoms. The average molecular weight is 399 g/mol.